The molecule has 0 aliphatic carbocycles. The van der Waals surface area contributed by atoms with E-state index in [1.807, 2.05) is 17.0 Å². The molecule has 2 saturated heterocycles. The Balaban J connectivity index is 1.23. The van der Waals surface area contributed by atoms with Crippen molar-refractivity contribution < 1.29 is 23.4 Å². The van der Waals surface area contributed by atoms with Gasteiger partial charge in [0.2, 0.25) is 5.91 Å². The minimum absolute atomic E-state index is 0.273. The molecule has 0 aromatic heterocycles. The van der Waals surface area contributed by atoms with Crippen LogP contribution in [0.3, 0.4) is 0 Å². The first kappa shape index (κ1) is 27.4. The molecule has 2 fully saturated rings. The van der Waals surface area contributed by atoms with E-state index in [9.17, 15) is 9.18 Å². The van der Waals surface area contributed by atoms with Crippen LogP contribution in [0.2, 0.25) is 0 Å². The van der Waals surface area contributed by atoms with E-state index in [1.165, 1.54) is 11.6 Å². The molecule has 37 heavy (non-hydrogen) atoms. The van der Waals surface area contributed by atoms with Gasteiger partial charge in [-0.15, -0.1) is 0 Å². The summed E-state index contributed by atoms with van der Waals surface area (Å²) >= 11 is 0. The van der Waals surface area contributed by atoms with Gasteiger partial charge in [0.25, 0.3) is 0 Å². The van der Waals surface area contributed by atoms with E-state index in [1.54, 1.807) is 25.3 Å². The van der Waals surface area contributed by atoms with Gasteiger partial charge >= 0.3 is 0 Å². The lowest BCUT2D eigenvalue weighted by atomic mass is 9.95. The Morgan fingerprint density at radius 1 is 0.946 bits per heavy atom. The molecular weight excluding hydrogens is 471 g/mol. The van der Waals surface area contributed by atoms with Crippen molar-refractivity contribution in [1.82, 2.24) is 9.80 Å². The van der Waals surface area contributed by atoms with Crippen molar-refractivity contribution in [1.29, 1.82) is 0 Å². The summed E-state index contributed by atoms with van der Waals surface area (Å²) in [5, 5.41) is 0. The summed E-state index contributed by atoms with van der Waals surface area (Å²) in [6.07, 6.45) is 7.48. The van der Waals surface area contributed by atoms with Gasteiger partial charge in [-0.2, -0.15) is 0 Å². The number of carbonyl (C=O) groups is 1. The first-order valence-electron chi connectivity index (χ1n) is 13.7. The first-order valence-corrected chi connectivity index (χ1v) is 13.7. The number of halogens is 1. The zero-order chi connectivity index (χ0) is 25.9. The van der Waals surface area contributed by atoms with Crippen LogP contribution >= 0.6 is 0 Å². The molecule has 4 rings (SSSR count). The van der Waals surface area contributed by atoms with Gasteiger partial charge in [0.05, 0.1) is 6.61 Å². The van der Waals surface area contributed by atoms with E-state index in [4.69, 9.17) is 14.2 Å². The first-order chi connectivity index (χ1) is 18.1. The monoisotopic (exact) mass is 512 g/mol. The van der Waals surface area contributed by atoms with Crippen LogP contribution in [0, 0.1) is 5.82 Å². The van der Waals surface area contributed by atoms with Gasteiger partial charge in [-0.05, 0) is 74.9 Å². The Labute approximate surface area is 220 Å². The fourth-order valence-electron chi connectivity index (χ4n) is 5.27. The molecule has 0 radical (unpaired) electrons. The maximum Gasteiger partial charge on any atom is 0.222 e. The van der Waals surface area contributed by atoms with Crippen LogP contribution in [0.5, 0.6) is 11.5 Å². The maximum atomic E-state index is 14.0. The van der Waals surface area contributed by atoms with Gasteiger partial charge in [-0.3, -0.25) is 9.69 Å². The molecule has 1 atom stereocenters. The summed E-state index contributed by atoms with van der Waals surface area (Å²) in [7, 11) is 1.73. The van der Waals surface area contributed by atoms with E-state index in [2.05, 4.69) is 17.0 Å². The molecule has 7 heteroatoms. The standard InChI is InChI=1S/C30H41FN2O4/c1-35-30(24-37-28-13-5-4-12-27(28)31)15-8-17-32(20-16-30)23-25-10-7-11-26(22-25)36-21-9-19-33-18-6-2-3-14-29(33)34/h4-5,7,10-13,22H,2-3,6,8-9,14-21,23-24H2,1H3/t30-/m0/s1. The van der Waals surface area contributed by atoms with Gasteiger partial charge in [0, 0.05) is 39.7 Å². The number of amides is 1. The number of methoxy groups -OCH3 is 1. The lowest BCUT2D eigenvalue weighted by molar-refractivity contribution is -0.130. The Bertz CT molecular complexity index is 1000. The van der Waals surface area contributed by atoms with Gasteiger partial charge in [0.15, 0.2) is 11.6 Å². The molecule has 1 amide bonds. The maximum absolute atomic E-state index is 14.0. The van der Waals surface area contributed by atoms with Crippen molar-refractivity contribution in [3.8, 4) is 11.5 Å². The summed E-state index contributed by atoms with van der Waals surface area (Å²) in [5.74, 6) is 1.09. The van der Waals surface area contributed by atoms with E-state index in [-0.39, 0.29) is 17.5 Å². The second kappa shape index (κ2) is 13.8. The Morgan fingerprint density at radius 3 is 2.70 bits per heavy atom. The normalized spacial score (nSPS) is 21.4. The highest BCUT2D eigenvalue weighted by Crippen LogP contribution is 2.29. The predicted octanol–water partition coefficient (Wildman–Crippen LogP) is 5.45. The third-order valence-electron chi connectivity index (χ3n) is 7.57. The highest BCUT2D eigenvalue weighted by Gasteiger charge is 2.34. The molecule has 2 heterocycles. The number of likely N-dealkylation sites (tertiary alicyclic amines) is 2. The lowest BCUT2D eigenvalue weighted by Crippen LogP contribution is -2.39. The fraction of sp³-hybridized carbons (Fsp3) is 0.567. The van der Waals surface area contributed by atoms with Crippen molar-refractivity contribution in [3.63, 3.8) is 0 Å². The minimum Gasteiger partial charge on any atom is -0.494 e. The minimum atomic E-state index is -0.420. The smallest absolute Gasteiger partial charge is 0.222 e. The third kappa shape index (κ3) is 8.17. The van der Waals surface area contributed by atoms with E-state index in [0.717, 1.165) is 83.4 Å². The van der Waals surface area contributed by atoms with Crippen LogP contribution in [-0.2, 0) is 16.1 Å². The third-order valence-corrected chi connectivity index (χ3v) is 7.57. The van der Waals surface area contributed by atoms with Crippen molar-refractivity contribution in [2.45, 2.75) is 63.5 Å². The Kier molecular flexibility index (Phi) is 10.2. The van der Waals surface area contributed by atoms with Crippen LogP contribution in [0.4, 0.5) is 4.39 Å². The van der Waals surface area contributed by atoms with Gasteiger partial charge < -0.3 is 19.1 Å². The number of benzene rings is 2. The summed E-state index contributed by atoms with van der Waals surface area (Å²) in [6.45, 7) is 5.29. The molecule has 2 aromatic carbocycles. The summed E-state index contributed by atoms with van der Waals surface area (Å²) < 4.78 is 31.8. The van der Waals surface area contributed by atoms with Crippen molar-refractivity contribution >= 4 is 5.91 Å². The quantitative estimate of drug-likeness (QED) is 0.375. The number of hydrogen-bond donors (Lipinski definition) is 0. The van der Waals surface area contributed by atoms with Crippen LogP contribution in [0.1, 0.15) is 56.9 Å². The second-order valence-electron chi connectivity index (χ2n) is 10.3. The zero-order valence-corrected chi connectivity index (χ0v) is 22.1. The van der Waals surface area contributed by atoms with E-state index >= 15 is 0 Å². The van der Waals surface area contributed by atoms with Crippen molar-refractivity contribution in [2.75, 3.05) is 46.5 Å². The van der Waals surface area contributed by atoms with Crippen LogP contribution in [0.25, 0.3) is 0 Å². The molecular formula is C30H41FN2O4. The highest BCUT2D eigenvalue weighted by molar-refractivity contribution is 5.76. The van der Waals surface area contributed by atoms with E-state index in [0.29, 0.717) is 19.6 Å². The number of ether oxygens (including phenoxy) is 3. The van der Waals surface area contributed by atoms with Gasteiger partial charge in [0.1, 0.15) is 18.0 Å². The molecule has 2 aliphatic rings. The Hall–Kier alpha value is -2.64. The zero-order valence-electron chi connectivity index (χ0n) is 22.1. The molecule has 202 valence electrons. The summed E-state index contributed by atoms with van der Waals surface area (Å²) in [6, 6.07) is 14.8. The van der Waals surface area contributed by atoms with Crippen molar-refractivity contribution in [3.05, 3.63) is 59.9 Å². The molecule has 0 N–H and O–H groups in total. The summed E-state index contributed by atoms with van der Waals surface area (Å²) in [5.41, 5.74) is 0.796. The van der Waals surface area contributed by atoms with E-state index < -0.39 is 5.60 Å². The van der Waals surface area contributed by atoms with Crippen LogP contribution < -0.4 is 9.47 Å². The number of hydrogen-bond acceptors (Lipinski definition) is 5. The van der Waals surface area contributed by atoms with Crippen molar-refractivity contribution in [2.24, 2.45) is 0 Å². The highest BCUT2D eigenvalue weighted by atomic mass is 19.1. The SMILES string of the molecule is CO[C@@]1(COc2ccccc2F)CCCN(Cc2cccc(OCCCN3CCCCCC3=O)c2)CC1. The average molecular weight is 513 g/mol. The number of carbonyl (C=O) groups excluding carboxylic acids is 1. The molecule has 6 nitrogen and oxygen atoms in total. The topological polar surface area (TPSA) is 51.2 Å². The second-order valence-corrected chi connectivity index (χ2v) is 10.3. The van der Waals surface area contributed by atoms with Gasteiger partial charge in [-0.1, -0.05) is 30.7 Å². The molecule has 2 aromatic rings. The molecule has 2 aliphatic heterocycles. The fourth-order valence-corrected chi connectivity index (χ4v) is 5.27. The average Bonchev–Trinajstić information content (AvgIpc) is 3.24. The number of rotatable bonds is 11. The lowest BCUT2D eigenvalue weighted by Gasteiger charge is -2.31. The number of nitrogens with zero attached hydrogens (tertiary/aromatic N) is 2. The molecule has 0 unspecified atom stereocenters. The number of para-hydroxylation sites is 1. The Morgan fingerprint density at radius 2 is 1.84 bits per heavy atom. The molecule has 0 spiro atoms. The van der Waals surface area contributed by atoms with Crippen LogP contribution in [-0.4, -0.2) is 67.8 Å². The predicted molar refractivity (Wildman–Crippen MR) is 142 cm³/mol. The largest absolute Gasteiger partial charge is 0.494 e. The molecule has 0 bridgehead atoms. The molecule has 0 saturated carbocycles. The van der Waals surface area contributed by atoms with Crippen LogP contribution in [0.15, 0.2) is 48.5 Å². The summed E-state index contributed by atoms with van der Waals surface area (Å²) in [4.78, 5) is 16.6. The van der Waals surface area contributed by atoms with Gasteiger partial charge in [-0.25, -0.2) is 4.39 Å².